The van der Waals surface area contributed by atoms with Crippen LogP contribution in [0.25, 0.3) is 11.0 Å². The van der Waals surface area contributed by atoms with Crippen LogP contribution in [0.1, 0.15) is 51.3 Å². The second-order valence-corrected chi connectivity index (χ2v) is 6.91. The molecule has 0 aliphatic rings. The largest absolute Gasteiger partial charge is 0.368 e. The number of fused-ring (bicyclic) bond motifs is 1. The highest BCUT2D eigenvalue weighted by Gasteiger charge is 2.26. The van der Waals surface area contributed by atoms with Crippen molar-refractivity contribution in [1.82, 2.24) is 20.3 Å². The van der Waals surface area contributed by atoms with Gasteiger partial charge in [-0.05, 0) is 38.8 Å². The molecule has 4 N–H and O–H groups in total. The van der Waals surface area contributed by atoms with Gasteiger partial charge in [0.1, 0.15) is 5.52 Å². The smallest absolute Gasteiger partial charge is 0.222 e. The number of aryl methyl sites for hydroxylation is 2. The van der Waals surface area contributed by atoms with Crippen molar-refractivity contribution in [3.63, 3.8) is 0 Å². The van der Waals surface area contributed by atoms with Gasteiger partial charge in [0.15, 0.2) is 5.82 Å². The van der Waals surface area contributed by atoms with Crippen LogP contribution in [0.2, 0.25) is 0 Å². The molecule has 1 atom stereocenters. The molecule has 2 heterocycles. The number of hydrogen-bond donors (Lipinski definition) is 3. The number of anilines is 2. The molecule has 2 aromatic heterocycles. The predicted octanol–water partition coefficient (Wildman–Crippen LogP) is 2.72. The fraction of sp³-hybridized carbons (Fsp3) is 0.556. The summed E-state index contributed by atoms with van der Waals surface area (Å²) in [6, 6.07) is 1.98. The molecule has 0 aromatic carbocycles. The molecule has 0 saturated heterocycles. The predicted molar refractivity (Wildman–Crippen MR) is 101 cm³/mol. The lowest BCUT2D eigenvalue weighted by atomic mass is 9.94. The summed E-state index contributed by atoms with van der Waals surface area (Å²) in [6.07, 6.45) is 2.99. The first-order valence-corrected chi connectivity index (χ1v) is 8.68. The van der Waals surface area contributed by atoms with Gasteiger partial charge in [0.25, 0.3) is 0 Å². The van der Waals surface area contributed by atoms with Crippen LogP contribution < -0.4 is 16.4 Å². The summed E-state index contributed by atoms with van der Waals surface area (Å²) in [5.74, 6) is 0.765. The Morgan fingerprint density at radius 3 is 2.60 bits per heavy atom. The van der Waals surface area contributed by atoms with E-state index in [1.54, 1.807) is 0 Å². The standard InChI is InChI=1S/C18H28N6O/c1-6-7-8-18(5,10-20-13(4)25)24-16-15-14(22-17(19)23-16)11(2)9-12(3)21-15/h9H,6-8,10H2,1-5H3,(H,20,25)(H3,19,22,23,24)/t18-/m1/s1. The van der Waals surface area contributed by atoms with E-state index in [0.29, 0.717) is 17.9 Å². The summed E-state index contributed by atoms with van der Waals surface area (Å²) in [6.45, 7) is 10.2. The van der Waals surface area contributed by atoms with Crippen molar-refractivity contribution in [2.75, 3.05) is 17.6 Å². The first-order chi connectivity index (χ1) is 11.7. The Kier molecular flexibility index (Phi) is 5.77. The third-order valence-corrected chi connectivity index (χ3v) is 4.22. The van der Waals surface area contributed by atoms with Gasteiger partial charge in [-0.25, -0.2) is 9.97 Å². The summed E-state index contributed by atoms with van der Waals surface area (Å²) >= 11 is 0. The van der Waals surface area contributed by atoms with Gasteiger partial charge in [-0.3, -0.25) is 4.79 Å². The van der Waals surface area contributed by atoms with Crippen molar-refractivity contribution in [2.45, 2.75) is 59.4 Å². The summed E-state index contributed by atoms with van der Waals surface area (Å²) < 4.78 is 0. The van der Waals surface area contributed by atoms with Crippen LogP contribution in [-0.2, 0) is 4.79 Å². The molecule has 0 saturated carbocycles. The molecule has 0 radical (unpaired) electrons. The zero-order valence-electron chi connectivity index (χ0n) is 15.7. The number of nitrogens with zero attached hydrogens (tertiary/aromatic N) is 3. The molecule has 0 spiro atoms. The fourth-order valence-electron chi connectivity index (χ4n) is 2.90. The number of carbonyl (C=O) groups is 1. The Balaban J connectivity index is 2.45. The molecular weight excluding hydrogens is 316 g/mol. The van der Waals surface area contributed by atoms with E-state index in [0.717, 1.165) is 36.0 Å². The SMILES string of the molecule is CCCC[C@](C)(CNC(C)=O)Nc1nc(N)nc2c(C)cc(C)nc12. The maximum Gasteiger partial charge on any atom is 0.222 e. The molecule has 0 fully saturated rings. The van der Waals surface area contributed by atoms with Crippen LogP contribution in [0.3, 0.4) is 0 Å². The van der Waals surface area contributed by atoms with Crippen LogP contribution in [0.15, 0.2) is 6.07 Å². The van der Waals surface area contributed by atoms with Gasteiger partial charge in [-0.1, -0.05) is 19.8 Å². The van der Waals surface area contributed by atoms with Crippen molar-refractivity contribution < 1.29 is 4.79 Å². The molecule has 0 bridgehead atoms. The molecular formula is C18H28N6O. The van der Waals surface area contributed by atoms with Gasteiger partial charge in [0, 0.05) is 19.2 Å². The topological polar surface area (TPSA) is 106 Å². The lowest BCUT2D eigenvalue weighted by Crippen LogP contribution is -2.46. The van der Waals surface area contributed by atoms with Crippen molar-refractivity contribution in [2.24, 2.45) is 0 Å². The number of carbonyl (C=O) groups excluding carboxylic acids is 1. The van der Waals surface area contributed by atoms with E-state index >= 15 is 0 Å². The average Bonchev–Trinajstić information content (AvgIpc) is 2.52. The molecule has 7 heteroatoms. The Morgan fingerprint density at radius 1 is 1.24 bits per heavy atom. The van der Waals surface area contributed by atoms with Crippen molar-refractivity contribution in [1.29, 1.82) is 0 Å². The number of rotatable bonds is 7. The van der Waals surface area contributed by atoms with E-state index in [-0.39, 0.29) is 17.4 Å². The van der Waals surface area contributed by atoms with E-state index in [9.17, 15) is 4.79 Å². The minimum absolute atomic E-state index is 0.0543. The monoisotopic (exact) mass is 344 g/mol. The molecule has 2 aromatic rings. The molecule has 0 aliphatic heterocycles. The number of nitrogens with two attached hydrogens (primary N) is 1. The normalized spacial score (nSPS) is 13.5. The second kappa shape index (κ2) is 7.63. The maximum absolute atomic E-state index is 11.4. The number of nitrogen functional groups attached to an aromatic ring is 1. The number of pyridine rings is 1. The van der Waals surface area contributed by atoms with Crippen LogP contribution in [0, 0.1) is 13.8 Å². The third-order valence-electron chi connectivity index (χ3n) is 4.22. The van der Waals surface area contributed by atoms with Crippen LogP contribution >= 0.6 is 0 Å². The number of aromatic nitrogens is 3. The minimum atomic E-state index is -0.352. The van der Waals surface area contributed by atoms with Crippen molar-refractivity contribution in [3.8, 4) is 0 Å². The highest BCUT2D eigenvalue weighted by molar-refractivity contribution is 5.88. The molecule has 2 rings (SSSR count). The third kappa shape index (κ3) is 4.78. The van der Waals surface area contributed by atoms with Crippen LogP contribution in [-0.4, -0.2) is 32.9 Å². The molecule has 25 heavy (non-hydrogen) atoms. The van der Waals surface area contributed by atoms with Crippen molar-refractivity contribution >= 4 is 28.7 Å². The quantitative estimate of drug-likeness (QED) is 0.713. The van der Waals surface area contributed by atoms with E-state index in [2.05, 4.69) is 39.4 Å². The van der Waals surface area contributed by atoms with E-state index in [1.165, 1.54) is 6.92 Å². The average molecular weight is 344 g/mol. The first kappa shape index (κ1) is 18.9. The molecule has 136 valence electrons. The zero-order chi connectivity index (χ0) is 18.6. The highest BCUT2D eigenvalue weighted by atomic mass is 16.1. The maximum atomic E-state index is 11.4. The van der Waals surface area contributed by atoms with E-state index < -0.39 is 0 Å². The minimum Gasteiger partial charge on any atom is -0.368 e. The van der Waals surface area contributed by atoms with Crippen molar-refractivity contribution in [3.05, 3.63) is 17.3 Å². The Morgan fingerprint density at radius 2 is 1.96 bits per heavy atom. The lowest BCUT2D eigenvalue weighted by Gasteiger charge is -2.32. The molecule has 0 unspecified atom stereocenters. The first-order valence-electron chi connectivity index (χ1n) is 8.68. The van der Waals surface area contributed by atoms with E-state index in [1.807, 2.05) is 19.9 Å². The Bertz CT molecular complexity index is 776. The van der Waals surface area contributed by atoms with Gasteiger partial charge in [0.2, 0.25) is 11.9 Å². The Hall–Kier alpha value is -2.44. The van der Waals surface area contributed by atoms with Crippen LogP contribution in [0.5, 0.6) is 0 Å². The summed E-state index contributed by atoms with van der Waals surface area (Å²) in [5.41, 5.74) is 8.93. The summed E-state index contributed by atoms with van der Waals surface area (Å²) in [5, 5.41) is 6.38. The van der Waals surface area contributed by atoms with Crippen LogP contribution in [0.4, 0.5) is 11.8 Å². The summed E-state index contributed by atoms with van der Waals surface area (Å²) in [4.78, 5) is 24.7. The molecule has 1 amide bonds. The number of nitrogens with one attached hydrogen (secondary N) is 2. The fourth-order valence-corrected chi connectivity index (χ4v) is 2.90. The number of hydrogen-bond acceptors (Lipinski definition) is 6. The highest BCUT2D eigenvalue weighted by Crippen LogP contribution is 2.27. The Labute approximate surface area is 148 Å². The van der Waals surface area contributed by atoms with Gasteiger partial charge in [-0.2, -0.15) is 4.98 Å². The van der Waals surface area contributed by atoms with Gasteiger partial charge in [0.05, 0.1) is 11.1 Å². The number of unbranched alkanes of at least 4 members (excludes halogenated alkanes) is 1. The lowest BCUT2D eigenvalue weighted by molar-refractivity contribution is -0.119. The second-order valence-electron chi connectivity index (χ2n) is 6.91. The number of amides is 1. The molecule has 0 aliphatic carbocycles. The van der Waals surface area contributed by atoms with Gasteiger partial charge >= 0.3 is 0 Å². The van der Waals surface area contributed by atoms with Gasteiger partial charge < -0.3 is 16.4 Å². The zero-order valence-corrected chi connectivity index (χ0v) is 15.7. The van der Waals surface area contributed by atoms with E-state index in [4.69, 9.17) is 5.73 Å². The van der Waals surface area contributed by atoms with Gasteiger partial charge in [-0.15, -0.1) is 0 Å². The molecule has 7 nitrogen and oxygen atoms in total. The summed E-state index contributed by atoms with van der Waals surface area (Å²) in [7, 11) is 0.